The first-order chi connectivity index (χ1) is 19.0. The molecule has 3 aromatic carbocycles. The highest BCUT2D eigenvalue weighted by atomic mass is 35.5. The molecule has 0 fully saturated rings. The SMILES string of the molecule is CCNC(=O)[C@@H](CC)N(Cc1ccc(OC)cc1)C(=O)CN(c1cccc(Cl)c1C)S(=O)(=O)c1ccc(C)cc1. The van der Waals surface area contributed by atoms with Crippen LogP contribution in [-0.2, 0) is 26.2 Å². The van der Waals surface area contributed by atoms with Crippen molar-refractivity contribution < 1.29 is 22.7 Å². The topological polar surface area (TPSA) is 96.0 Å². The fourth-order valence-corrected chi connectivity index (χ4v) is 6.00. The van der Waals surface area contributed by atoms with E-state index in [1.54, 1.807) is 63.4 Å². The van der Waals surface area contributed by atoms with Gasteiger partial charge < -0.3 is 15.0 Å². The number of benzene rings is 3. The molecule has 1 N–H and O–H groups in total. The molecule has 10 heteroatoms. The van der Waals surface area contributed by atoms with E-state index >= 15 is 0 Å². The maximum Gasteiger partial charge on any atom is 0.264 e. The van der Waals surface area contributed by atoms with Crippen molar-refractivity contribution in [2.45, 2.75) is 51.6 Å². The molecule has 0 heterocycles. The number of rotatable bonds is 12. The fourth-order valence-electron chi connectivity index (χ4n) is 4.36. The van der Waals surface area contributed by atoms with Crippen molar-refractivity contribution in [3.63, 3.8) is 0 Å². The highest BCUT2D eigenvalue weighted by Crippen LogP contribution is 2.31. The lowest BCUT2D eigenvalue weighted by Crippen LogP contribution is -2.52. The highest BCUT2D eigenvalue weighted by Gasteiger charge is 2.34. The van der Waals surface area contributed by atoms with E-state index in [0.29, 0.717) is 29.3 Å². The minimum absolute atomic E-state index is 0.0442. The molecular weight excluding hydrogens is 550 g/mol. The molecule has 0 spiro atoms. The van der Waals surface area contributed by atoms with E-state index in [2.05, 4.69) is 5.32 Å². The Balaban J connectivity index is 2.09. The van der Waals surface area contributed by atoms with Gasteiger partial charge in [0.25, 0.3) is 10.0 Å². The predicted molar refractivity (Wildman–Crippen MR) is 158 cm³/mol. The molecule has 0 aliphatic rings. The van der Waals surface area contributed by atoms with E-state index in [0.717, 1.165) is 15.4 Å². The summed E-state index contributed by atoms with van der Waals surface area (Å²) in [6, 6.07) is 17.7. The van der Waals surface area contributed by atoms with Crippen LogP contribution in [-0.4, -0.2) is 51.4 Å². The summed E-state index contributed by atoms with van der Waals surface area (Å²) in [5.74, 6) is -0.174. The molecule has 40 heavy (non-hydrogen) atoms. The van der Waals surface area contributed by atoms with Crippen molar-refractivity contribution in [1.29, 1.82) is 0 Å². The second-order valence-corrected chi connectivity index (χ2v) is 11.7. The molecule has 0 radical (unpaired) electrons. The summed E-state index contributed by atoms with van der Waals surface area (Å²) in [4.78, 5) is 28.6. The number of ether oxygens (including phenoxy) is 1. The standard InChI is InChI=1S/C30H36ClN3O5S/c1-6-27(30(36)32-7-2)33(19-23-13-15-24(39-5)16-14-23)29(35)20-34(28-10-8-9-26(31)22(28)4)40(37,38)25-17-11-21(3)12-18-25/h8-18,27H,6-7,19-20H2,1-5H3,(H,32,36)/t27-/m1/s1. The normalized spacial score (nSPS) is 11.9. The van der Waals surface area contributed by atoms with Gasteiger partial charge in [0.1, 0.15) is 18.3 Å². The number of hydrogen-bond acceptors (Lipinski definition) is 5. The van der Waals surface area contributed by atoms with Gasteiger partial charge in [-0.1, -0.05) is 54.4 Å². The zero-order valence-electron chi connectivity index (χ0n) is 23.5. The maximum absolute atomic E-state index is 14.1. The molecule has 0 unspecified atom stereocenters. The average Bonchev–Trinajstić information content (AvgIpc) is 2.94. The van der Waals surface area contributed by atoms with Gasteiger partial charge >= 0.3 is 0 Å². The molecule has 2 amide bonds. The number of halogens is 1. The Kier molecular flexibility index (Phi) is 10.6. The van der Waals surface area contributed by atoms with Crippen molar-refractivity contribution in [2.24, 2.45) is 0 Å². The molecular formula is C30H36ClN3O5S. The second-order valence-electron chi connectivity index (χ2n) is 9.40. The molecule has 3 aromatic rings. The van der Waals surface area contributed by atoms with Gasteiger partial charge in [0.15, 0.2) is 0 Å². The minimum atomic E-state index is -4.17. The minimum Gasteiger partial charge on any atom is -0.497 e. The number of nitrogens with zero attached hydrogens (tertiary/aromatic N) is 2. The average molecular weight is 586 g/mol. The number of anilines is 1. The van der Waals surface area contributed by atoms with Crippen LogP contribution in [0.2, 0.25) is 5.02 Å². The smallest absolute Gasteiger partial charge is 0.264 e. The molecule has 0 aromatic heterocycles. The van der Waals surface area contributed by atoms with Crippen molar-refractivity contribution >= 4 is 39.1 Å². The third kappa shape index (κ3) is 7.14. The third-order valence-corrected chi connectivity index (χ3v) is 8.83. The number of aryl methyl sites for hydroxylation is 1. The molecule has 0 saturated carbocycles. The molecule has 8 nitrogen and oxygen atoms in total. The van der Waals surface area contributed by atoms with E-state index in [-0.39, 0.29) is 23.0 Å². The molecule has 0 bridgehead atoms. The Labute approximate surface area is 241 Å². The first kappa shape index (κ1) is 31.0. The van der Waals surface area contributed by atoms with Crippen molar-refractivity contribution in [2.75, 3.05) is 24.5 Å². The molecule has 214 valence electrons. The summed E-state index contributed by atoms with van der Waals surface area (Å²) in [5, 5.41) is 3.17. The van der Waals surface area contributed by atoms with Crippen LogP contribution in [0.3, 0.4) is 0 Å². The summed E-state index contributed by atoms with van der Waals surface area (Å²) in [7, 11) is -2.61. The van der Waals surface area contributed by atoms with E-state index < -0.39 is 28.5 Å². The van der Waals surface area contributed by atoms with E-state index in [4.69, 9.17) is 16.3 Å². The fraction of sp³-hybridized carbons (Fsp3) is 0.333. The monoisotopic (exact) mass is 585 g/mol. The van der Waals surface area contributed by atoms with Gasteiger partial charge in [0, 0.05) is 18.1 Å². The number of amides is 2. The van der Waals surface area contributed by atoms with E-state index in [1.165, 1.54) is 17.0 Å². The van der Waals surface area contributed by atoms with Crippen LogP contribution >= 0.6 is 11.6 Å². The molecule has 1 atom stereocenters. The largest absolute Gasteiger partial charge is 0.497 e. The Morgan fingerprint density at radius 3 is 2.20 bits per heavy atom. The Bertz CT molecular complexity index is 1430. The molecule has 0 saturated heterocycles. The third-order valence-electron chi connectivity index (χ3n) is 6.64. The maximum atomic E-state index is 14.1. The van der Waals surface area contributed by atoms with Crippen LogP contribution in [0, 0.1) is 13.8 Å². The number of sulfonamides is 1. The lowest BCUT2D eigenvalue weighted by molar-refractivity contribution is -0.140. The second kappa shape index (κ2) is 13.7. The van der Waals surface area contributed by atoms with Crippen molar-refractivity contribution in [3.05, 3.63) is 88.4 Å². The number of likely N-dealkylation sites (N-methyl/N-ethyl adjacent to an activating group) is 1. The van der Waals surface area contributed by atoms with E-state index in [1.807, 2.05) is 26.0 Å². The number of carbonyl (C=O) groups excluding carboxylic acids is 2. The zero-order valence-corrected chi connectivity index (χ0v) is 25.1. The molecule has 3 rings (SSSR count). The van der Waals surface area contributed by atoms with Crippen molar-refractivity contribution in [3.8, 4) is 5.75 Å². The van der Waals surface area contributed by atoms with Gasteiger partial charge in [0.05, 0.1) is 17.7 Å². The van der Waals surface area contributed by atoms with Gasteiger partial charge in [0.2, 0.25) is 11.8 Å². The van der Waals surface area contributed by atoms with Gasteiger partial charge in [-0.3, -0.25) is 13.9 Å². The number of methoxy groups -OCH3 is 1. The highest BCUT2D eigenvalue weighted by molar-refractivity contribution is 7.92. The van der Waals surface area contributed by atoms with Crippen LogP contribution in [0.1, 0.15) is 37.0 Å². The van der Waals surface area contributed by atoms with Crippen LogP contribution in [0.4, 0.5) is 5.69 Å². The number of nitrogens with one attached hydrogen (secondary N) is 1. The Morgan fingerprint density at radius 2 is 1.62 bits per heavy atom. The lowest BCUT2D eigenvalue weighted by atomic mass is 10.1. The number of hydrogen-bond donors (Lipinski definition) is 1. The van der Waals surface area contributed by atoms with E-state index in [9.17, 15) is 18.0 Å². The quantitative estimate of drug-likeness (QED) is 0.319. The summed E-state index contributed by atoms with van der Waals surface area (Å²) in [6.07, 6.45) is 0.342. The van der Waals surface area contributed by atoms with Crippen LogP contribution < -0.4 is 14.4 Å². The Hall–Kier alpha value is -3.56. The summed E-state index contributed by atoms with van der Waals surface area (Å²) >= 11 is 6.38. The Morgan fingerprint density at radius 1 is 0.975 bits per heavy atom. The van der Waals surface area contributed by atoms with Crippen LogP contribution in [0.15, 0.2) is 71.6 Å². The summed E-state index contributed by atoms with van der Waals surface area (Å²) in [5.41, 5.74) is 2.48. The first-order valence-corrected chi connectivity index (χ1v) is 14.9. The summed E-state index contributed by atoms with van der Waals surface area (Å²) < 4.78 is 34.3. The first-order valence-electron chi connectivity index (χ1n) is 13.1. The number of carbonyl (C=O) groups is 2. The van der Waals surface area contributed by atoms with Crippen LogP contribution in [0.5, 0.6) is 5.75 Å². The van der Waals surface area contributed by atoms with Gasteiger partial charge in [-0.15, -0.1) is 0 Å². The predicted octanol–water partition coefficient (Wildman–Crippen LogP) is 5.10. The van der Waals surface area contributed by atoms with Gasteiger partial charge in [-0.05, 0) is 74.7 Å². The molecule has 0 aliphatic heterocycles. The van der Waals surface area contributed by atoms with Crippen LogP contribution in [0.25, 0.3) is 0 Å². The summed E-state index contributed by atoms with van der Waals surface area (Å²) in [6.45, 7) is 7.17. The zero-order chi connectivity index (χ0) is 29.4. The molecule has 0 aliphatic carbocycles. The lowest BCUT2D eigenvalue weighted by Gasteiger charge is -2.33. The van der Waals surface area contributed by atoms with Gasteiger partial charge in [-0.2, -0.15) is 0 Å². The van der Waals surface area contributed by atoms with Gasteiger partial charge in [-0.25, -0.2) is 8.42 Å². The van der Waals surface area contributed by atoms with Crippen molar-refractivity contribution in [1.82, 2.24) is 10.2 Å².